The van der Waals surface area contributed by atoms with Gasteiger partial charge >= 0.3 is 0 Å². The molecule has 2 rings (SSSR count). The smallest absolute Gasteiger partial charge is 0.137 e. The van der Waals surface area contributed by atoms with Crippen LogP contribution in [0.4, 0.5) is 0 Å². The van der Waals surface area contributed by atoms with Gasteiger partial charge in [-0.25, -0.2) is 0 Å². The Morgan fingerprint density at radius 2 is 2.06 bits per heavy atom. The molecule has 1 saturated carbocycles. The molecule has 1 unspecified atom stereocenters. The topological polar surface area (TPSA) is 35.2 Å². The Balaban J connectivity index is 2.39. The first-order valence-corrected chi connectivity index (χ1v) is 5.89. The molecule has 0 radical (unpaired) electrons. The summed E-state index contributed by atoms with van der Waals surface area (Å²) < 4.78 is 5.16. The highest BCUT2D eigenvalue weighted by Crippen LogP contribution is 2.63. The zero-order valence-corrected chi connectivity index (χ0v) is 10.8. The van der Waals surface area contributed by atoms with Crippen LogP contribution in [0.25, 0.3) is 0 Å². The summed E-state index contributed by atoms with van der Waals surface area (Å²) in [5.41, 5.74) is 7.53. The lowest BCUT2D eigenvalue weighted by atomic mass is 9.88. The normalized spacial score (nSPS) is 26.6. The fourth-order valence-corrected chi connectivity index (χ4v) is 2.89. The Hall–Kier alpha value is -0.730. The Morgan fingerprint density at radius 3 is 2.44 bits per heavy atom. The van der Waals surface area contributed by atoms with Gasteiger partial charge < -0.3 is 10.5 Å². The van der Waals surface area contributed by atoms with Crippen LogP contribution in [0.2, 0.25) is 5.02 Å². The van der Waals surface area contributed by atoms with E-state index in [1.807, 2.05) is 12.1 Å². The van der Waals surface area contributed by atoms with E-state index in [1.165, 1.54) is 5.56 Å². The summed E-state index contributed by atoms with van der Waals surface area (Å²) in [4.78, 5) is 0. The first kappa shape index (κ1) is 11.7. The summed E-state index contributed by atoms with van der Waals surface area (Å²) in [5, 5.41) is 0.663. The van der Waals surface area contributed by atoms with Crippen molar-refractivity contribution in [2.24, 2.45) is 11.1 Å². The number of benzene rings is 1. The maximum Gasteiger partial charge on any atom is 0.137 e. The zero-order valence-electron chi connectivity index (χ0n) is 10.0. The van der Waals surface area contributed by atoms with Crippen LogP contribution in [-0.2, 0) is 5.41 Å². The summed E-state index contributed by atoms with van der Waals surface area (Å²) in [7, 11) is 1.63. The van der Waals surface area contributed by atoms with Crippen LogP contribution < -0.4 is 10.5 Å². The number of hydrogen-bond donors (Lipinski definition) is 1. The predicted molar refractivity (Wildman–Crippen MR) is 67.1 cm³/mol. The molecule has 16 heavy (non-hydrogen) atoms. The van der Waals surface area contributed by atoms with Gasteiger partial charge in [0.25, 0.3) is 0 Å². The van der Waals surface area contributed by atoms with Crippen molar-refractivity contribution in [3.8, 4) is 5.75 Å². The van der Waals surface area contributed by atoms with E-state index in [0.29, 0.717) is 11.6 Å². The number of methoxy groups -OCH3 is 1. The first-order chi connectivity index (χ1) is 7.47. The van der Waals surface area contributed by atoms with Crippen LogP contribution in [0, 0.1) is 5.41 Å². The second-order valence-corrected chi connectivity index (χ2v) is 5.60. The first-order valence-electron chi connectivity index (χ1n) is 5.51. The molecular weight excluding hydrogens is 222 g/mol. The minimum atomic E-state index is 0.100. The largest absolute Gasteiger partial charge is 0.495 e. The maximum atomic E-state index is 6.15. The third-order valence-corrected chi connectivity index (χ3v) is 4.26. The maximum absolute atomic E-state index is 6.15. The average molecular weight is 240 g/mol. The Kier molecular flexibility index (Phi) is 2.67. The van der Waals surface area contributed by atoms with Crippen LogP contribution in [0.15, 0.2) is 18.2 Å². The molecule has 1 aromatic rings. The molecule has 0 bridgehead atoms. The number of halogens is 1. The Morgan fingerprint density at radius 1 is 1.44 bits per heavy atom. The van der Waals surface area contributed by atoms with Gasteiger partial charge in [-0.3, -0.25) is 0 Å². The second kappa shape index (κ2) is 3.64. The second-order valence-electron chi connectivity index (χ2n) is 5.20. The molecule has 1 aromatic carbocycles. The van der Waals surface area contributed by atoms with E-state index in [1.54, 1.807) is 7.11 Å². The monoisotopic (exact) mass is 239 g/mol. The van der Waals surface area contributed by atoms with E-state index < -0.39 is 0 Å². The predicted octanol–water partition coefficient (Wildman–Crippen LogP) is 2.98. The van der Waals surface area contributed by atoms with Gasteiger partial charge in [0.1, 0.15) is 5.75 Å². The van der Waals surface area contributed by atoms with E-state index in [4.69, 9.17) is 22.1 Å². The van der Waals surface area contributed by atoms with Crippen molar-refractivity contribution in [2.75, 3.05) is 13.7 Å². The van der Waals surface area contributed by atoms with Gasteiger partial charge in [-0.15, -0.1) is 0 Å². The van der Waals surface area contributed by atoms with Gasteiger partial charge in [-0.2, -0.15) is 0 Å². The lowest BCUT2D eigenvalue weighted by Crippen LogP contribution is -2.25. The van der Waals surface area contributed by atoms with Crippen molar-refractivity contribution < 1.29 is 4.74 Å². The third kappa shape index (κ3) is 1.52. The van der Waals surface area contributed by atoms with Crippen LogP contribution in [0.5, 0.6) is 5.75 Å². The molecule has 0 spiro atoms. The Bertz CT molecular complexity index is 416. The number of hydrogen-bond acceptors (Lipinski definition) is 2. The third-order valence-electron chi connectivity index (χ3n) is 3.97. The minimum Gasteiger partial charge on any atom is -0.495 e. The van der Waals surface area contributed by atoms with Gasteiger partial charge in [-0.1, -0.05) is 31.5 Å². The Labute approximate surface area is 102 Å². The fraction of sp³-hybridized carbons (Fsp3) is 0.538. The fourth-order valence-electron chi connectivity index (χ4n) is 2.63. The van der Waals surface area contributed by atoms with Crippen molar-refractivity contribution in [2.45, 2.75) is 25.7 Å². The molecule has 1 atom stereocenters. The molecule has 0 heterocycles. The molecule has 88 valence electrons. The van der Waals surface area contributed by atoms with E-state index in [0.717, 1.165) is 12.2 Å². The zero-order chi connectivity index (χ0) is 12.0. The summed E-state index contributed by atoms with van der Waals surface area (Å²) in [6.45, 7) is 5.17. The molecule has 3 heteroatoms. The molecular formula is C13H18ClNO. The number of rotatable bonds is 3. The molecule has 0 aliphatic heterocycles. The van der Waals surface area contributed by atoms with Crippen molar-refractivity contribution in [1.29, 1.82) is 0 Å². The number of nitrogens with two attached hydrogens (primary N) is 1. The lowest BCUT2D eigenvalue weighted by molar-refractivity contribution is 0.414. The summed E-state index contributed by atoms with van der Waals surface area (Å²) in [6.07, 6.45) is 1.12. The molecule has 1 aliphatic carbocycles. The lowest BCUT2D eigenvalue weighted by Gasteiger charge is -2.19. The van der Waals surface area contributed by atoms with Crippen LogP contribution in [0.1, 0.15) is 25.8 Å². The quantitative estimate of drug-likeness (QED) is 0.880. The molecule has 0 aromatic heterocycles. The summed E-state index contributed by atoms with van der Waals surface area (Å²) in [6, 6.07) is 5.98. The van der Waals surface area contributed by atoms with Gasteiger partial charge in [0, 0.05) is 12.0 Å². The molecule has 2 nitrogen and oxygen atoms in total. The average Bonchev–Trinajstić information content (AvgIpc) is 2.82. The summed E-state index contributed by atoms with van der Waals surface area (Å²) >= 11 is 6.15. The number of ether oxygens (including phenoxy) is 1. The van der Waals surface area contributed by atoms with E-state index in [9.17, 15) is 0 Å². The van der Waals surface area contributed by atoms with Crippen LogP contribution >= 0.6 is 11.6 Å². The van der Waals surface area contributed by atoms with Crippen molar-refractivity contribution in [3.05, 3.63) is 28.8 Å². The molecule has 1 fully saturated rings. The van der Waals surface area contributed by atoms with Crippen LogP contribution in [0.3, 0.4) is 0 Å². The molecule has 0 saturated heterocycles. The van der Waals surface area contributed by atoms with E-state index in [-0.39, 0.29) is 10.8 Å². The van der Waals surface area contributed by atoms with Gasteiger partial charge in [-0.05, 0) is 29.5 Å². The van der Waals surface area contributed by atoms with Gasteiger partial charge in [0.05, 0.1) is 12.1 Å². The van der Waals surface area contributed by atoms with Gasteiger partial charge in [0.15, 0.2) is 0 Å². The van der Waals surface area contributed by atoms with Crippen molar-refractivity contribution >= 4 is 11.6 Å². The molecule has 0 amide bonds. The van der Waals surface area contributed by atoms with E-state index in [2.05, 4.69) is 19.9 Å². The van der Waals surface area contributed by atoms with Gasteiger partial charge in [0.2, 0.25) is 0 Å². The standard InChI is InChI=1S/C13H18ClNO/c1-12(2)7-13(12,8-15)9-4-5-11(16-3)10(14)6-9/h4-6H,7-8,15H2,1-3H3. The van der Waals surface area contributed by atoms with Crippen molar-refractivity contribution in [1.82, 2.24) is 0 Å². The van der Waals surface area contributed by atoms with Crippen molar-refractivity contribution in [3.63, 3.8) is 0 Å². The molecule has 2 N–H and O–H groups in total. The highest BCUT2D eigenvalue weighted by Gasteiger charge is 2.60. The summed E-state index contributed by atoms with van der Waals surface area (Å²) in [5.74, 6) is 0.719. The van der Waals surface area contributed by atoms with Crippen LogP contribution in [-0.4, -0.2) is 13.7 Å². The highest BCUT2D eigenvalue weighted by atomic mass is 35.5. The highest BCUT2D eigenvalue weighted by molar-refractivity contribution is 6.32. The SMILES string of the molecule is COc1ccc(C2(CN)CC2(C)C)cc1Cl. The minimum absolute atomic E-state index is 0.100. The molecule has 1 aliphatic rings. The van der Waals surface area contributed by atoms with E-state index >= 15 is 0 Å².